The van der Waals surface area contributed by atoms with Crippen LogP contribution in [0.15, 0.2) is 34.9 Å². The highest BCUT2D eigenvalue weighted by Crippen LogP contribution is 2.17. The number of nitrogens with zero attached hydrogens (tertiary/aromatic N) is 1. The van der Waals surface area contributed by atoms with Crippen LogP contribution in [0.4, 0.5) is 0 Å². The summed E-state index contributed by atoms with van der Waals surface area (Å²) < 4.78 is 9.97. The minimum absolute atomic E-state index is 0.115. The van der Waals surface area contributed by atoms with Crippen molar-refractivity contribution in [1.82, 2.24) is 10.5 Å². The molecule has 1 aromatic heterocycles. The van der Waals surface area contributed by atoms with Crippen LogP contribution in [0.5, 0.6) is 5.75 Å². The van der Waals surface area contributed by atoms with Crippen LogP contribution < -0.4 is 10.1 Å². The minimum atomic E-state index is -0.250. The third-order valence-corrected chi connectivity index (χ3v) is 2.82. The minimum Gasteiger partial charge on any atom is -0.497 e. The van der Waals surface area contributed by atoms with E-state index in [1.807, 2.05) is 31.2 Å². The zero-order chi connectivity index (χ0) is 13.8. The fraction of sp³-hybridized carbons (Fsp3) is 0.286. The number of ether oxygens (including phenoxy) is 1. The van der Waals surface area contributed by atoms with E-state index in [9.17, 15) is 4.79 Å². The third kappa shape index (κ3) is 3.13. The Labute approximate surface area is 111 Å². The molecule has 0 aliphatic heterocycles. The number of methoxy groups -OCH3 is 1. The van der Waals surface area contributed by atoms with Crippen molar-refractivity contribution in [2.75, 3.05) is 7.11 Å². The molecule has 2 rings (SSSR count). The fourth-order valence-electron chi connectivity index (χ4n) is 1.72. The number of aryl methyl sites for hydroxylation is 1. The molecule has 1 atom stereocenters. The number of hydrogen-bond donors (Lipinski definition) is 1. The molecule has 19 heavy (non-hydrogen) atoms. The lowest BCUT2D eigenvalue weighted by atomic mass is 10.1. The Hall–Kier alpha value is -2.30. The van der Waals surface area contributed by atoms with Gasteiger partial charge in [0.05, 0.1) is 13.2 Å². The van der Waals surface area contributed by atoms with Gasteiger partial charge in [-0.2, -0.15) is 0 Å². The van der Waals surface area contributed by atoms with Crippen molar-refractivity contribution < 1.29 is 14.1 Å². The van der Waals surface area contributed by atoms with E-state index in [1.165, 1.54) is 0 Å². The van der Waals surface area contributed by atoms with E-state index in [2.05, 4.69) is 10.5 Å². The first kappa shape index (κ1) is 13.1. The fourth-order valence-corrected chi connectivity index (χ4v) is 1.72. The van der Waals surface area contributed by atoms with Gasteiger partial charge in [0.1, 0.15) is 11.5 Å². The van der Waals surface area contributed by atoms with Crippen LogP contribution in [0.25, 0.3) is 0 Å². The Morgan fingerprint density at radius 2 is 2.05 bits per heavy atom. The molecule has 5 heteroatoms. The number of rotatable bonds is 4. The number of carbonyl (C=O) groups excluding carboxylic acids is 1. The lowest BCUT2D eigenvalue weighted by Gasteiger charge is -2.13. The largest absolute Gasteiger partial charge is 0.497 e. The van der Waals surface area contributed by atoms with Crippen molar-refractivity contribution in [3.8, 4) is 5.75 Å². The maximum atomic E-state index is 11.9. The summed E-state index contributed by atoms with van der Waals surface area (Å²) in [6.45, 7) is 3.66. The molecule has 0 aliphatic rings. The summed E-state index contributed by atoms with van der Waals surface area (Å²) in [5.41, 5.74) is 1.28. The number of carbonyl (C=O) groups is 1. The van der Waals surface area contributed by atoms with Gasteiger partial charge in [-0.05, 0) is 31.5 Å². The van der Waals surface area contributed by atoms with Crippen molar-refractivity contribution >= 4 is 5.91 Å². The van der Waals surface area contributed by atoms with Gasteiger partial charge < -0.3 is 14.6 Å². The number of nitrogens with one attached hydrogen (secondary N) is 1. The summed E-state index contributed by atoms with van der Waals surface area (Å²) in [5, 5.41) is 6.54. The van der Waals surface area contributed by atoms with Gasteiger partial charge in [-0.25, -0.2) is 0 Å². The molecule has 0 fully saturated rings. The average molecular weight is 260 g/mol. The van der Waals surface area contributed by atoms with E-state index in [0.29, 0.717) is 5.76 Å². The second-order valence-electron chi connectivity index (χ2n) is 4.29. The topological polar surface area (TPSA) is 64.4 Å². The second-order valence-corrected chi connectivity index (χ2v) is 4.29. The van der Waals surface area contributed by atoms with Gasteiger partial charge >= 0.3 is 0 Å². The van der Waals surface area contributed by atoms with Crippen molar-refractivity contribution in [3.63, 3.8) is 0 Å². The summed E-state index contributed by atoms with van der Waals surface area (Å²) in [6, 6.07) is 9.04. The number of amides is 1. The molecular weight excluding hydrogens is 244 g/mol. The van der Waals surface area contributed by atoms with Crippen molar-refractivity contribution in [3.05, 3.63) is 47.3 Å². The van der Waals surface area contributed by atoms with Crippen LogP contribution in [0.1, 0.15) is 34.8 Å². The first-order chi connectivity index (χ1) is 9.10. The van der Waals surface area contributed by atoms with Gasteiger partial charge in [-0.15, -0.1) is 0 Å². The quantitative estimate of drug-likeness (QED) is 0.917. The Kier molecular flexibility index (Phi) is 3.85. The smallest absolute Gasteiger partial charge is 0.273 e. The molecule has 0 aliphatic carbocycles. The van der Waals surface area contributed by atoms with E-state index in [0.717, 1.165) is 11.3 Å². The van der Waals surface area contributed by atoms with Crippen molar-refractivity contribution in [2.45, 2.75) is 19.9 Å². The first-order valence-corrected chi connectivity index (χ1v) is 5.98. The molecule has 0 spiro atoms. The highest BCUT2D eigenvalue weighted by atomic mass is 16.5. The highest BCUT2D eigenvalue weighted by Gasteiger charge is 2.14. The van der Waals surface area contributed by atoms with Crippen LogP contribution >= 0.6 is 0 Å². The predicted molar refractivity (Wildman–Crippen MR) is 70.1 cm³/mol. The van der Waals surface area contributed by atoms with E-state index >= 15 is 0 Å². The maximum Gasteiger partial charge on any atom is 0.273 e. The molecule has 0 saturated carbocycles. The molecule has 0 saturated heterocycles. The standard InChI is InChI=1S/C14H16N2O3/c1-9-8-13(16-19-9)14(17)15-10(2)11-4-6-12(18-3)7-5-11/h4-8,10H,1-3H3,(H,15,17). The van der Waals surface area contributed by atoms with Crippen molar-refractivity contribution in [1.29, 1.82) is 0 Å². The zero-order valence-corrected chi connectivity index (χ0v) is 11.1. The van der Waals surface area contributed by atoms with E-state index in [1.54, 1.807) is 20.1 Å². The summed E-state index contributed by atoms with van der Waals surface area (Å²) >= 11 is 0. The molecule has 1 aromatic carbocycles. The Balaban J connectivity index is 2.03. The average Bonchev–Trinajstić information content (AvgIpc) is 2.85. The molecule has 1 amide bonds. The number of aromatic nitrogens is 1. The van der Waals surface area contributed by atoms with Crippen LogP contribution in [-0.4, -0.2) is 18.2 Å². The molecule has 0 radical (unpaired) electrons. The van der Waals surface area contributed by atoms with Gasteiger partial charge in [0.2, 0.25) is 0 Å². The first-order valence-electron chi connectivity index (χ1n) is 5.98. The molecule has 1 N–H and O–H groups in total. The molecule has 1 unspecified atom stereocenters. The van der Waals surface area contributed by atoms with Gasteiger partial charge in [-0.1, -0.05) is 17.3 Å². The normalized spacial score (nSPS) is 11.9. The molecule has 5 nitrogen and oxygen atoms in total. The maximum absolute atomic E-state index is 11.9. The predicted octanol–water partition coefficient (Wildman–Crippen LogP) is 2.48. The van der Waals surface area contributed by atoms with Crippen LogP contribution in [-0.2, 0) is 0 Å². The molecule has 100 valence electrons. The van der Waals surface area contributed by atoms with E-state index in [-0.39, 0.29) is 17.6 Å². The van der Waals surface area contributed by atoms with Crippen molar-refractivity contribution in [2.24, 2.45) is 0 Å². The van der Waals surface area contributed by atoms with Gasteiger partial charge in [0.15, 0.2) is 5.69 Å². The Bertz CT molecular complexity index is 560. The number of benzene rings is 1. The monoisotopic (exact) mass is 260 g/mol. The summed E-state index contributed by atoms with van der Waals surface area (Å²) in [7, 11) is 1.62. The third-order valence-electron chi connectivity index (χ3n) is 2.82. The van der Waals surface area contributed by atoms with Crippen LogP contribution in [0, 0.1) is 6.92 Å². The van der Waals surface area contributed by atoms with Crippen LogP contribution in [0.3, 0.4) is 0 Å². The lowest BCUT2D eigenvalue weighted by Crippen LogP contribution is -2.26. The SMILES string of the molecule is COc1ccc(C(C)NC(=O)c2cc(C)on2)cc1. The lowest BCUT2D eigenvalue weighted by molar-refractivity contribution is 0.0930. The van der Waals surface area contributed by atoms with Gasteiger partial charge in [0.25, 0.3) is 5.91 Å². The highest BCUT2D eigenvalue weighted by molar-refractivity contribution is 5.92. The number of hydrogen-bond acceptors (Lipinski definition) is 4. The summed E-state index contributed by atoms with van der Waals surface area (Å²) in [6.07, 6.45) is 0. The summed E-state index contributed by atoms with van der Waals surface area (Å²) in [4.78, 5) is 11.9. The second kappa shape index (κ2) is 5.56. The Morgan fingerprint density at radius 3 is 2.58 bits per heavy atom. The van der Waals surface area contributed by atoms with E-state index < -0.39 is 0 Å². The van der Waals surface area contributed by atoms with Gasteiger partial charge in [-0.3, -0.25) is 4.79 Å². The molecule has 2 aromatic rings. The van der Waals surface area contributed by atoms with E-state index in [4.69, 9.17) is 9.26 Å². The zero-order valence-electron chi connectivity index (χ0n) is 11.1. The molecular formula is C14H16N2O3. The van der Waals surface area contributed by atoms with Crippen LogP contribution in [0.2, 0.25) is 0 Å². The molecule has 0 bridgehead atoms. The summed E-state index contributed by atoms with van der Waals surface area (Å²) in [5.74, 6) is 1.15. The molecule has 1 heterocycles. The van der Waals surface area contributed by atoms with Gasteiger partial charge in [0, 0.05) is 6.07 Å². The Morgan fingerprint density at radius 1 is 1.37 bits per heavy atom.